The first kappa shape index (κ1) is 9.95. The van der Waals surface area contributed by atoms with Crippen molar-refractivity contribution in [2.75, 3.05) is 19.7 Å². The van der Waals surface area contributed by atoms with Crippen molar-refractivity contribution in [2.45, 2.75) is 6.10 Å². The Hall–Kier alpha value is -1.24. The van der Waals surface area contributed by atoms with Crippen LogP contribution in [0.4, 0.5) is 0 Å². The molecule has 1 N–H and O–H groups in total. The van der Waals surface area contributed by atoms with Crippen LogP contribution in [0.25, 0.3) is 11.4 Å². The molecule has 0 aromatic carbocycles. The van der Waals surface area contributed by atoms with Crippen molar-refractivity contribution in [1.82, 2.24) is 15.5 Å². The van der Waals surface area contributed by atoms with E-state index in [2.05, 4.69) is 15.5 Å². The van der Waals surface area contributed by atoms with Gasteiger partial charge in [0.25, 0.3) is 5.89 Å². The Kier molecular flexibility index (Phi) is 2.69. The van der Waals surface area contributed by atoms with Crippen molar-refractivity contribution in [3.05, 3.63) is 22.7 Å². The Balaban J connectivity index is 1.82. The number of rotatable bonds is 2. The molecule has 6 heteroatoms. The third kappa shape index (κ3) is 1.87. The Labute approximate surface area is 96.4 Å². The van der Waals surface area contributed by atoms with Gasteiger partial charge in [-0.25, -0.2) is 0 Å². The minimum Gasteiger partial charge on any atom is -0.366 e. The van der Waals surface area contributed by atoms with E-state index in [4.69, 9.17) is 9.26 Å². The summed E-state index contributed by atoms with van der Waals surface area (Å²) in [4.78, 5) is 4.34. The monoisotopic (exact) mass is 237 g/mol. The van der Waals surface area contributed by atoms with E-state index in [0.29, 0.717) is 18.3 Å². The van der Waals surface area contributed by atoms with Gasteiger partial charge in [-0.3, -0.25) is 0 Å². The molecule has 0 bridgehead atoms. The first-order chi connectivity index (χ1) is 7.93. The SMILES string of the molecule is c1cc(-c2noc(C3CNCCO3)n2)cs1. The summed E-state index contributed by atoms with van der Waals surface area (Å²) in [6.07, 6.45) is -0.117. The van der Waals surface area contributed by atoms with Gasteiger partial charge in [0.2, 0.25) is 5.82 Å². The maximum absolute atomic E-state index is 5.54. The molecule has 0 aliphatic carbocycles. The maximum atomic E-state index is 5.54. The van der Waals surface area contributed by atoms with Gasteiger partial charge in [-0.05, 0) is 11.4 Å². The van der Waals surface area contributed by atoms with Gasteiger partial charge in [0.05, 0.1) is 6.61 Å². The van der Waals surface area contributed by atoms with E-state index in [0.717, 1.165) is 18.7 Å². The molecular weight excluding hydrogens is 226 g/mol. The molecular formula is C10H11N3O2S. The number of aromatic nitrogens is 2. The molecule has 1 aliphatic heterocycles. The zero-order valence-corrected chi connectivity index (χ0v) is 9.37. The molecule has 84 valence electrons. The largest absolute Gasteiger partial charge is 0.366 e. The van der Waals surface area contributed by atoms with Gasteiger partial charge < -0.3 is 14.6 Å². The number of hydrogen-bond acceptors (Lipinski definition) is 6. The number of morpholine rings is 1. The molecule has 1 unspecified atom stereocenters. The fraction of sp³-hybridized carbons (Fsp3) is 0.400. The lowest BCUT2D eigenvalue weighted by Gasteiger charge is -2.19. The maximum Gasteiger partial charge on any atom is 0.257 e. The van der Waals surface area contributed by atoms with Gasteiger partial charge in [-0.2, -0.15) is 16.3 Å². The number of nitrogens with zero attached hydrogens (tertiary/aromatic N) is 2. The number of thiophene rings is 1. The lowest BCUT2D eigenvalue weighted by atomic mass is 10.3. The number of ether oxygens (including phenoxy) is 1. The molecule has 1 atom stereocenters. The Morgan fingerprint density at radius 3 is 3.25 bits per heavy atom. The van der Waals surface area contributed by atoms with E-state index >= 15 is 0 Å². The molecule has 2 aromatic rings. The third-order valence-corrected chi connectivity index (χ3v) is 3.11. The van der Waals surface area contributed by atoms with Crippen LogP contribution in [0.2, 0.25) is 0 Å². The zero-order valence-electron chi connectivity index (χ0n) is 8.55. The summed E-state index contributed by atoms with van der Waals surface area (Å²) >= 11 is 1.61. The smallest absolute Gasteiger partial charge is 0.257 e. The van der Waals surface area contributed by atoms with Crippen molar-refractivity contribution in [1.29, 1.82) is 0 Å². The summed E-state index contributed by atoms with van der Waals surface area (Å²) in [6.45, 7) is 2.29. The third-order valence-electron chi connectivity index (χ3n) is 2.42. The summed E-state index contributed by atoms with van der Waals surface area (Å²) in [5.41, 5.74) is 0.990. The van der Waals surface area contributed by atoms with Crippen LogP contribution in [-0.2, 0) is 4.74 Å². The second-order valence-corrected chi connectivity index (χ2v) is 4.31. The quantitative estimate of drug-likeness (QED) is 0.856. The van der Waals surface area contributed by atoms with E-state index in [1.165, 1.54) is 0 Å². The fourth-order valence-electron chi connectivity index (χ4n) is 1.60. The van der Waals surface area contributed by atoms with Crippen molar-refractivity contribution < 1.29 is 9.26 Å². The molecule has 0 saturated carbocycles. The predicted molar refractivity (Wildman–Crippen MR) is 59.2 cm³/mol. The molecule has 1 saturated heterocycles. The average Bonchev–Trinajstić information content (AvgIpc) is 3.01. The fourth-order valence-corrected chi connectivity index (χ4v) is 2.23. The van der Waals surface area contributed by atoms with Gasteiger partial charge in [0, 0.05) is 24.0 Å². The number of nitrogens with one attached hydrogen (secondary N) is 1. The van der Waals surface area contributed by atoms with E-state index < -0.39 is 0 Å². The normalized spacial score (nSPS) is 21.1. The van der Waals surface area contributed by atoms with Gasteiger partial charge >= 0.3 is 0 Å². The highest BCUT2D eigenvalue weighted by atomic mass is 32.1. The van der Waals surface area contributed by atoms with Crippen LogP contribution >= 0.6 is 11.3 Å². The zero-order chi connectivity index (χ0) is 10.8. The van der Waals surface area contributed by atoms with Crippen molar-refractivity contribution in [3.63, 3.8) is 0 Å². The summed E-state index contributed by atoms with van der Waals surface area (Å²) in [5.74, 6) is 1.18. The standard InChI is InChI=1S/C10H11N3O2S/c1-4-16-6-7(1)9-12-10(15-13-9)8-5-11-2-3-14-8/h1,4,6,8,11H,2-3,5H2. The highest BCUT2D eigenvalue weighted by Crippen LogP contribution is 2.22. The summed E-state index contributed by atoms with van der Waals surface area (Å²) in [5, 5.41) is 11.2. The second kappa shape index (κ2) is 4.32. The minimum atomic E-state index is -0.117. The van der Waals surface area contributed by atoms with Gasteiger partial charge in [-0.1, -0.05) is 5.16 Å². The Morgan fingerprint density at radius 1 is 1.50 bits per heavy atom. The molecule has 0 amide bonds. The van der Waals surface area contributed by atoms with E-state index in [1.54, 1.807) is 11.3 Å². The molecule has 16 heavy (non-hydrogen) atoms. The van der Waals surface area contributed by atoms with E-state index in [1.807, 2.05) is 16.8 Å². The summed E-state index contributed by atoms with van der Waals surface area (Å²) in [7, 11) is 0. The van der Waals surface area contributed by atoms with Crippen LogP contribution in [0.5, 0.6) is 0 Å². The van der Waals surface area contributed by atoms with Crippen LogP contribution < -0.4 is 5.32 Å². The highest BCUT2D eigenvalue weighted by molar-refractivity contribution is 7.08. The molecule has 5 nitrogen and oxygen atoms in total. The van der Waals surface area contributed by atoms with Crippen molar-refractivity contribution in [3.8, 4) is 11.4 Å². The lowest BCUT2D eigenvalue weighted by Crippen LogP contribution is -2.33. The molecule has 1 aliphatic rings. The molecule has 1 fully saturated rings. The highest BCUT2D eigenvalue weighted by Gasteiger charge is 2.22. The van der Waals surface area contributed by atoms with Gasteiger partial charge in [0.15, 0.2) is 0 Å². The molecule has 0 spiro atoms. The van der Waals surface area contributed by atoms with E-state index in [-0.39, 0.29) is 6.10 Å². The Morgan fingerprint density at radius 2 is 2.50 bits per heavy atom. The molecule has 2 aromatic heterocycles. The first-order valence-corrected chi connectivity index (χ1v) is 6.06. The average molecular weight is 237 g/mol. The van der Waals surface area contributed by atoms with Crippen molar-refractivity contribution >= 4 is 11.3 Å². The molecule has 0 radical (unpaired) electrons. The van der Waals surface area contributed by atoms with Crippen molar-refractivity contribution in [2.24, 2.45) is 0 Å². The molecule has 3 heterocycles. The summed E-state index contributed by atoms with van der Waals surface area (Å²) in [6, 6.07) is 1.97. The first-order valence-electron chi connectivity index (χ1n) is 5.12. The van der Waals surface area contributed by atoms with Crippen LogP contribution in [-0.4, -0.2) is 29.8 Å². The van der Waals surface area contributed by atoms with E-state index in [9.17, 15) is 0 Å². The second-order valence-electron chi connectivity index (χ2n) is 3.53. The number of hydrogen-bond donors (Lipinski definition) is 1. The van der Waals surface area contributed by atoms with Crippen LogP contribution in [0.3, 0.4) is 0 Å². The van der Waals surface area contributed by atoms with Crippen LogP contribution in [0.1, 0.15) is 12.0 Å². The Bertz CT molecular complexity index is 448. The predicted octanol–water partition coefficient (Wildman–Crippen LogP) is 1.46. The van der Waals surface area contributed by atoms with Crippen LogP contribution in [0, 0.1) is 0 Å². The minimum absolute atomic E-state index is 0.117. The summed E-state index contributed by atoms with van der Waals surface area (Å²) < 4.78 is 10.7. The topological polar surface area (TPSA) is 60.2 Å². The lowest BCUT2D eigenvalue weighted by molar-refractivity contribution is 0.00755. The van der Waals surface area contributed by atoms with Gasteiger partial charge in [-0.15, -0.1) is 0 Å². The van der Waals surface area contributed by atoms with Gasteiger partial charge in [0.1, 0.15) is 6.10 Å². The molecule has 3 rings (SSSR count). The van der Waals surface area contributed by atoms with Crippen LogP contribution in [0.15, 0.2) is 21.3 Å².